The van der Waals surface area contributed by atoms with Gasteiger partial charge in [0.15, 0.2) is 16.5 Å². The first-order chi connectivity index (χ1) is 14.0. The summed E-state index contributed by atoms with van der Waals surface area (Å²) >= 11 is 5.59. The first kappa shape index (κ1) is 19.8. The van der Waals surface area contributed by atoms with Gasteiger partial charge in [-0.25, -0.2) is 9.52 Å². The van der Waals surface area contributed by atoms with Crippen molar-refractivity contribution in [3.05, 3.63) is 34.8 Å². The second-order valence-corrected chi connectivity index (χ2v) is 8.07. The SMILES string of the molecule is Cc1cc2nnc(C(=O)N3CCCN3C(=S)NCCC3=CCCCC3)c(C)n2n1. The maximum atomic E-state index is 13.2. The number of nitrogens with zero attached hydrogens (tertiary/aromatic N) is 6. The van der Waals surface area contributed by atoms with Gasteiger partial charge in [-0.05, 0) is 64.6 Å². The lowest BCUT2D eigenvalue weighted by atomic mass is 9.97. The topological polar surface area (TPSA) is 78.7 Å². The third-order valence-corrected chi connectivity index (χ3v) is 5.89. The second kappa shape index (κ2) is 8.44. The molecule has 2 aromatic heterocycles. The molecule has 29 heavy (non-hydrogen) atoms. The number of rotatable bonds is 4. The monoisotopic (exact) mass is 413 g/mol. The number of hydrogen-bond acceptors (Lipinski definition) is 5. The van der Waals surface area contributed by atoms with Crippen LogP contribution in [0.25, 0.3) is 5.65 Å². The minimum atomic E-state index is -0.193. The van der Waals surface area contributed by atoms with Crippen molar-refractivity contribution < 1.29 is 4.79 Å². The molecule has 1 N–H and O–H groups in total. The first-order valence-corrected chi connectivity index (χ1v) is 10.7. The number of amides is 1. The molecule has 1 saturated heterocycles. The zero-order valence-electron chi connectivity index (χ0n) is 17.0. The Bertz CT molecular complexity index is 967. The molecule has 0 unspecified atom stereocenters. The Morgan fingerprint density at radius 3 is 2.79 bits per heavy atom. The summed E-state index contributed by atoms with van der Waals surface area (Å²) in [5, 5.41) is 20.2. The summed E-state index contributed by atoms with van der Waals surface area (Å²) in [7, 11) is 0. The number of hydrogen-bond donors (Lipinski definition) is 1. The van der Waals surface area contributed by atoms with Crippen molar-refractivity contribution in [3.63, 3.8) is 0 Å². The van der Waals surface area contributed by atoms with Gasteiger partial charge in [0.2, 0.25) is 0 Å². The predicted octanol–water partition coefficient (Wildman–Crippen LogP) is 2.57. The quantitative estimate of drug-likeness (QED) is 0.610. The van der Waals surface area contributed by atoms with Crippen molar-refractivity contribution in [2.24, 2.45) is 0 Å². The van der Waals surface area contributed by atoms with Gasteiger partial charge in [0.1, 0.15) is 0 Å². The Labute approximate surface area is 175 Å². The van der Waals surface area contributed by atoms with Crippen LogP contribution in [0.5, 0.6) is 0 Å². The van der Waals surface area contributed by atoms with E-state index in [-0.39, 0.29) is 5.91 Å². The van der Waals surface area contributed by atoms with Gasteiger partial charge in [-0.1, -0.05) is 11.6 Å². The number of aromatic nitrogens is 4. The number of carbonyl (C=O) groups excluding carboxylic acids is 1. The lowest BCUT2D eigenvalue weighted by Gasteiger charge is -2.30. The van der Waals surface area contributed by atoms with Crippen molar-refractivity contribution in [1.82, 2.24) is 35.1 Å². The van der Waals surface area contributed by atoms with Crippen LogP contribution in [-0.2, 0) is 0 Å². The van der Waals surface area contributed by atoms with Gasteiger partial charge < -0.3 is 5.32 Å². The first-order valence-electron chi connectivity index (χ1n) is 10.3. The fourth-order valence-electron chi connectivity index (χ4n) is 3.98. The van der Waals surface area contributed by atoms with E-state index in [9.17, 15) is 4.79 Å². The molecular formula is C20H27N7OS. The standard InChI is InChI=1S/C20H27N7OS/c1-14-13-17-22-23-18(15(2)27(17)24-14)19(28)25-11-6-12-26(25)20(29)21-10-9-16-7-4-3-5-8-16/h7,13H,3-6,8-12H2,1-2H3,(H,21,29). The summed E-state index contributed by atoms with van der Waals surface area (Å²) in [6, 6.07) is 1.84. The van der Waals surface area contributed by atoms with E-state index in [0.717, 1.165) is 31.6 Å². The number of hydrazine groups is 1. The van der Waals surface area contributed by atoms with Crippen LogP contribution in [0.1, 0.15) is 60.4 Å². The maximum absolute atomic E-state index is 13.2. The van der Waals surface area contributed by atoms with E-state index in [1.165, 1.54) is 31.3 Å². The summed E-state index contributed by atoms with van der Waals surface area (Å²) in [6.07, 6.45) is 9.19. The van der Waals surface area contributed by atoms with Crippen LogP contribution in [-0.4, -0.2) is 60.5 Å². The Morgan fingerprint density at radius 1 is 1.17 bits per heavy atom. The van der Waals surface area contributed by atoms with Gasteiger partial charge in [-0.2, -0.15) is 5.10 Å². The fraction of sp³-hybridized carbons (Fsp3) is 0.550. The molecule has 2 aromatic rings. The molecule has 8 nitrogen and oxygen atoms in total. The van der Waals surface area contributed by atoms with Gasteiger partial charge in [-0.3, -0.25) is 9.80 Å². The second-order valence-electron chi connectivity index (χ2n) is 7.68. The van der Waals surface area contributed by atoms with Crippen LogP contribution in [0.3, 0.4) is 0 Å². The molecule has 0 spiro atoms. The molecule has 154 valence electrons. The van der Waals surface area contributed by atoms with Gasteiger partial charge in [0.05, 0.1) is 11.4 Å². The van der Waals surface area contributed by atoms with Gasteiger partial charge in [0, 0.05) is 25.7 Å². The summed E-state index contributed by atoms with van der Waals surface area (Å²) in [5.74, 6) is -0.193. The normalized spacial score (nSPS) is 17.0. The van der Waals surface area contributed by atoms with Crippen LogP contribution in [0.2, 0.25) is 0 Å². The molecule has 0 aromatic carbocycles. The number of carbonyl (C=O) groups is 1. The van der Waals surface area contributed by atoms with E-state index < -0.39 is 0 Å². The maximum Gasteiger partial charge on any atom is 0.294 e. The third-order valence-electron chi connectivity index (χ3n) is 5.54. The number of fused-ring (bicyclic) bond motifs is 1. The third kappa shape index (κ3) is 4.10. The summed E-state index contributed by atoms with van der Waals surface area (Å²) in [5.41, 5.74) is 3.98. The number of thiocarbonyl (C=S) groups is 1. The van der Waals surface area contributed by atoms with Gasteiger partial charge in [-0.15, -0.1) is 10.2 Å². The Hall–Kier alpha value is -2.55. The highest BCUT2D eigenvalue weighted by molar-refractivity contribution is 7.80. The molecule has 4 rings (SSSR count). The minimum Gasteiger partial charge on any atom is -0.361 e. The minimum absolute atomic E-state index is 0.193. The van der Waals surface area contributed by atoms with Gasteiger partial charge >= 0.3 is 0 Å². The Morgan fingerprint density at radius 2 is 2.00 bits per heavy atom. The summed E-state index contributed by atoms with van der Waals surface area (Å²) < 4.78 is 1.67. The molecule has 1 amide bonds. The van der Waals surface area contributed by atoms with E-state index in [0.29, 0.717) is 28.7 Å². The lowest BCUT2D eigenvalue weighted by Crippen LogP contribution is -2.49. The van der Waals surface area contributed by atoms with Crippen molar-refractivity contribution in [2.75, 3.05) is 19.6 Å². The van der Waals surface area contributed by atoms with Crippen molar-refractivity contribution in [1.29, 1.82) is 0 Å². The van der Waals surface area contributed by atoms with Crippen molar-refractivity contribution >= 4 is 28.9 Å². The van der Waals surface area contributed by atoms with Gasteiger partial charge in [0.25, 0.3) is 5.91 Å². The zero-order chi connectivity index (χ0) is 20.4. The largest absolute Gasteiger partial charge is 0.361 e. The molecule has 0 radical (unpaired) electrons. The molecule has 1 fully saturated rings. The zero-order valence-corrected chi connectivity index (χ0v) is 17.8. The molecular weight excluding hydrogens is 386 g/mol. The van der Waals surface area contributed by atoms with Crippen LogP contribution >= 0.6 is 12.2 Å². The Kier molecular flexibility index (Phi) is 5.75. The van der Waals surface area contributed by atoms with Crippen LogP contribution in [0.15, 0.2) is 17.7 Å². The highest BCUT2D eigenvalue weighted by Crippen LogP contribution is 2.20. The molecule has 0 atom stereocenters. The van der Waals surface area contributed by atoms with Crippen LogP contribution in [0, 0.1) is 13.8 Å². The summed E-state index contributed by atoms with van der Waals surface area (Å²) in [6.45, 7) is 5.86. The molecule has 0 bridgehead atoms. The van der Waals surface area contributed by atoms with E-state index in [4.69, 9.17) is 12.2 Å². The number of nitrogens with one attached hydrogen (secondary N) is 1. The molecule has 1 aliphatic carbocycles. The van der Waals surface area contributed by atoms with Crippen LogP contribution < -0.4 is 5.32 Å². The van der Waals surface area contributed by atoms with Crippen molar-refractivity contribution in [2.45, 2.75) is 52.4 Å². The smallest absolute Gasteiger partial charge is 0.294 e. The highest BCUT2D eigenvalue weighted by Gasteiger charge is 2.32. The van der Waals surface area contributed by atoms with E-state index in [1.807, 2.05) is 24.9 Å². The van der Waals surface area contributed by atoms with Crippen LogP contribution in [0.4, 0.5) is 0 Å². The molecule has 2 aliphatic rings. The molecule has 0 saturated carbocycles. The molecule has 1 aliphatic heterocycles. The fourth-order valence-corrected chi connectivity index (χ4v) is 4.28. The molecule has 3 heterocycles. The summed E-state index contributed by atoms with van der Waals surface area (Å²) in [4.78, 5) is 13.2. The average Bonchev–Trinajstić information content (AvgIpc) is 3.35. The Balaban J connectivity index is 1.43. The van der Waals surface area contributed by atoms with E-state index in [1.54, 1.807) is 9.52 Å². The number of allylic oxidation sites excluding steroid dienone is 1. The highest BCUT2D eigenvalue weighted by atomic mass is 32.1. The van der Waals surface area contributed by atoms with E-state index in [2.05, 4.69) is 26.7 Å². The lowest BCUT2D eigenvalue weighted by molar-refractivity contribution is 0.0482. The number of aryl methyl sites for hydroxylation is 2. The van der Waals surface area contributed by atoms with E-state index >= 15 is 0 Å². The average molecular weight is 414 g/mol. The van der Waals surface area contributed by atoms with Crippen molar-refractivity contribution in [3.8, 4) is 0 Å². The molecule has 9 heteroatoms. The predicted molar refractivity (Wildman–Crippen MR) is 114 cm³/mol.